The molecule has 0 saturated carbocycles. The molecule has 0 fully saturated rings. The van der Waals surface area contributed by atoms with Crippen LogP contribution in [0.1, 0.15) is 20.7 Å². The topological polar surface area (TPSA) is 97.8 Å². The molecule has 0 unspecified atom stereocenters. The molecule has 2 N–H and O–H groups in total. The van der Waals surface area contributed by atoms with Gasteiger partial charge in [0.05, 0.1) is 24.5 Å². The third-order valence-electron chi connectivity index (χ3n) is 3.56. The maximum atomic E-state index is 13.7. The smallest absolute Gasteiger partial charge is 0.335 e. The van der Waals surface area contributed by atoms with Crippen LogP contribution in [0.3, 0.4) is 0 Å². The molecule has 0 atom stereocenters. The molecule has 0 spiro atoms. The molecule has 7 nitrogen and oxygen atoms in total. The molecule has 0 aliphatic rings. The second-order valence-corrected chi connectivity index (χ2v) is 6.18. The molecule has 0 aliphatic heterocycles. The fourth-order valence-electron chi connectivity index (χ4n) is 2.31. The second-order valence-electron chi connectivity index (χ2n) is 5.15. The maximum Gasteiger partial charge on any atom is 0.335 e. The SMILES string of the molecule is COc1ccc(C(=O)Nc2nc3c(OC)cc(C(=O)O)cc3s2)cc1F. The number of carbonyl (C=O) groups excluding carboxylic acids is 1. The fourth-order valence-corrected chi connectivity index (χ4v) is 3.23. The monoisotopic (exact) mass is 376 g/mol. The highest BCUT2D eigenvalue weighted by Gasteiger charge is 2.16. The van der Waals surface area contributed by atoms with Crippen LogP contribution < -0.4 is 14.8 Å². The normalized spacial score (nSPS) is 10.6. The Labute approximate surface area is 151 Å². The first-order valence-electron chi connectivity index (χ1n) is 7.29. The van der Waals surface area contributed by atoms with Crippen LogP contribution in [0.2, 0.25) is 0 Å². The molecule has 26 heavy (non-hydrogen) atoms. The van der Waals surface area contributed by atoms with Crippen LogP contribution in [0.5, 0.6) is 11.5 Å². The summed E-state index contributed by atoms with van der Waals surface area (Å²) in [5.74, 6) is -1.99. The zero-order valence-corrected chi connectivity index (χ0v) is 14.5. The van der Waals surface area contributed by atoms with Crippen LogP contribution in [0.15, 0.2) is 30.3 Å². The minimum absolute atomic E-state index is 0.0347. The molecule has 1 heterocycles. The number of hydrogen-bond acceptors (Lipinski definition) is 6. The van der Waals surface area contributed by atoms with Crippen molar-refractivity contribution < 1.29 is 28.6 Å². The van der Waals surface area contributed by atoms with Crippen molar-refractivity contribution in [1.29, 1.82) is 0 Å². The summed E-state index contributed by atoms with van der Waals surface area (Å²) in [5.41, 5.74) is 0.576. The van der Waals surface area contributed by atoms with Gasteiger partial charge in [-0.3, -0.25) is 10.1 Å². The lowest BCUT2D eigenvalue weighted by Crippen LogP contribution is -2.12. The lowest BCUT2D eigenvalue weighted by molar-refractivity contribution is 0.0696. The Hall–Kier alpha value is -3.20. The molecule has 9 heteroatoms. The van der Waals surface area contributed by atoms with Crippen molar-refractivity contribution in [3.63, 3.8) is 0 Å². The van der Waals surface area contributed by atoms with Crippen LogP contribution in [-0.4, -0.2) is 36.2 Å². The van der Waals surface area contributed by atoms with Gasteiger partial charge in [-0.1, -0.05) is 11.3 Å². The van der Waals surface area contributed by atoms with E-state index in [4.69, 9.17) is 14.6 Å². The number of aromatic carboxylic acids is 1. The largest absolute Gasteiger partial charge is 0.494 e. The van der Waals surface area contributed by atoms with Gasteiger partial charge in [0.25, 0.3) is 5.91 Å². The van der Waals surface area contributed by atoms with Crippen molar-refractivity contribution in [1.82, 2.24) is 4.98 Å². The number of carboxylic acid groups (broad SMARTS) is 1. The Kier molecular flexibility index (Phi) is 4.72. The molecule has 0 bridgehead atoms. The molecular weight excluding hydrogens is 363 g/mol. The van der Waals surface area contributed by atoms with Crippen molar-refractivity contribution in [2.75, 3.05) is 19.5 Å². The number of aromatic nitrogens is 1. The third kappa shape index (κ3) is 3.29. The van der Waals surface area contributed by atoms with E-state index in [-0.39, 0.29) is 27.8 Å². The second kappa shape index (κ2) is 6.96. The summed E-state index contributed by atoms with van der Waals surface area (Å²) in [6, 6.07) is 6.64. The minimum Gasteiger partial charge on any atom is -0.494 e. The average molecular weight is 376 g/mol. The van der Waals surface area contributed by atoms with Gasteiger partial charge >= 0.3 is 5.97 Å². The van der Waals surface area contributed by atoms with E-state index in [1.54, 1.807) is 0 Å². The van der Waals surface area contributed by atoms with E-state index in [2.05, 4.69) is 10.3 Å². The van der Waals surface area contributed by atoms with Crippen LogP contribution in [0.4, 0.5) is 9.52 Å². The Balaban J connectivity index is 1.92. The first-order chi connectivity index (χ1) is 12.4. The van der Waals surface area contributed by atoms with E-state index >= 15 is 0 Å². The Morgan fingerprint density at radius 1 is 1.12 bits per heavy atom. The van der Waals surface area contributed by atoms with Gasteiger partial charge < -0.3 is 14.6 Å². The number of thiazole rings is 1. The van der Waals surface area contributed by atoms with Gasteiger partial charge in [0.2, 0.25) is 0 Å². The molecule has 1 aromatic heterocycles. The highest BCUT2D eigenvalue weighted by Crippen LogP contribution is 2.34. The zero-order chi connectivity index (χ0) is 18.8. The first-order valence-corrected chi connectivity index (χ1v) is 8.11. The number of amides is 1. The quantitative estimate of drug-likeness (QED) is 0.708. The first kappa shape index (κ1) is 17.6. The summed E-state index contributed by atoms with van der Waals surface area (Å²) in [4.78, 5) is 27.7. The summed E-state index contributed by atoms with van der Waals surface area (Å²) in [5, 5.41) is 12.0. The van der Waals surface area contributed by atoms with Gasteiger partial charge in [-0.25, -0.2) is 14.2 Å². The number of anilines is 1. The standard InChI is InChI=1S/C17H13FN2O5S/c1-24-11-4-3-8(5-10(11)18)15(21)20-17-19-14-12(25-2)6-9(16(22)23)7-13(14)26-17/h3-7H,1-2H3,(H,22,23)(H,19,20,21). The van der Waals surface area contributed by atoms with Gasteiger partial charge in [-0.2, -0.15) is 0 Å². The number of fused-ring (bicyclic) bond motifs is 1. The number of methoxy groups -OCH3 is 2. The Bertz CT molecular complexity index is 1020. The third-order valence-corrected chi connectivity index (χ3v) is 4.48. The molecule has 0 radical (unpaired) electrons. The van der Waals surface area contributed by atoms with Gasteiger partial charge in [0.1, 0.15) is 11.3 Å². The summed E-state index contributed by atoms with van der Waals surface area (Å²) in [6.07, 6.45) is 0. The number of benzene rings is 2. The number of carbonyl (C=O) groups is 2. The molecule has 1 amide bonds. The van der Waals surface area contributed by atoms with E-state index in [0.29, 0.717) is 10.2 Å². The number of halogens is 1. The van der Waals surface area contributed by atoms with Crippen molar-refractivity contribution >= 4 is 38.6 Å². The molecular formula is C17H13FN2O5S. The van der Waals surface area contributed by atoms with E-state index in [1.807, 2.05) is 0 Å². The lowest BCUT2D eigenvalue weighted by atomic mass is 10.2. The summed E-state index contributed by atoms with van der Waals surface area (Å²) < 4.78 is 24.3. The summed E-state index contributed by atoms with van der Waals surface area (Å²) in [7, 11) is 2.73. The zero-order valence-electron chi connectivity index (χ0n) is 13.7. The van der Waals surface area contributed by atoms with E-state index in [1.165, 1.54) is 38.5 Å². The number of rotatable bonds is 5. The van der Waals surface area contributed by atoms with Crippen molar-refractivity contribution in [2.45, 2.75) is 0 Å². The van der Waals surface area contributed by atoms with Gasteiger partial charge in [0, 0.05) is 5.56 Å². The Morgan fingerprint density at radius 3 is 2.46 bits per heavy atom. The number of hydrogen-bond donors (Lipinski definition) is 2. The summed E-state index contributed by atoms with van der Waals surface area (Å²) >= 11 is 1.09. The molecule has 0 aliphatic carbocycles. The molecule has 0 saturated heterocycles. The Morgan fingerprint density at radius 2 is 1.85 bits per heavy atom. The predicted molar refractivity (Wildman–Crippen MR) is 94.0 cm³/mol. The molecule has 3 rings (SSSR count). The molecule has 2 aromatic carbocycles. The van der Waals surface area contributed by atoms with Crippen LogP contribution in [0.25, 0.3) is 10.2 Å². The number of ether oxygens (including phenoxy) is 2. The molecule has 3 aromatic rings. The van der Waals surface area contributed by atoms with E-state index in [9.17, 15) is 14.0 Å². The highest BCUT2D eigenvalue weighted by atomic mass is 32.1. The lowest BCUT2D eigenvalue weighted by Gasteiger charge is -2.05. The van der Waals surface area contributed by atoms with Crippen molar-refractivity contribution in [2.24, 2.45) is 0 Å². The number of nitrogens with one attached hydrogen (secondary N) is 1. The van der Waals surface area contributed by atoms with Crippen LogP contribution >= 0.6 is 11.3 Å². The predicted octanol–water partition coefficient (Wildman–Crippen LogP) is 3.40. The van der Waals surface area contributed by atoms with Crippen LogP contribution in [-0.2, 0) is 0 Å². The van der Waals surface area contributed by atoms with Crippen LogP contribution in [0, 0.1) is 5.82 Å². The van der Waals surface area contributed by atoms with E-state index < -0.39 is 17.7 Å². The van der Waals surface area contributed by atoms with Crippen molar-refractivity contribution in [3.8, 4) is 11.5 Å². The fraction of sp³-hybridized carbons (Fsp3) is 0.118. The van der Waals surface area contributed by atoms with E-state index in [0.717, 1.165) is 17.4 Å². The van der Waals surface area contributed by atoms with Gasteiger partial charge in [0.15, 0.2) is 16.7 Å². The highest BCUT2D eigenvalue weighted by molar-refractivity contribution is 7.22. The molecule has 134 valence electrons. The average Bonchev–Trinajstić information content (AvgIpc) is 3.02. The van der Waals surface area contributed by atoms with Gasteiger partial charge in [-0.15, -0.1) is 0 Å². The van der Waals surface area contributed by atoms with Crippen molar-refractivity contribution in [3.05, 3.63) is 47.3 Å². The van der Waals surface area contributed by atoms with Gasteiger partial charge in [-0.05, 0) is 30.3 Å². The number of carboxylic acids is 1. The summed E-state index contributed by atoms with van der Waals surface area (Å²) in [6.45, 7) is 0. The minimum atomic E-state index is -1.10. The maximum absolute atomic E-state index is 13.7. The number of nitrogens with zero attached hydrogens (tertiary/aromatic N) is 1.